The molecule has 1 rings (SSSR count). The minimum atomic E-state index is -0.0756. The van der Waals surface area contributed by atoms with Gasteiger partial charge in [0, 0.05) is 13.6 Å². The molecule has 1 amide bonds. The van der Waals surface area contributed by atoms with Gasteiger partial charge in [0.05, 0.1) is 6.54 Å². The molecule has 1 N–H and O–H groups in total. The van der Waals surface area contributed by atoms with Crippen molar-refractivity contribution in [3.8, 4) is 0 Å². The van der Waals surface area contributed by atoms with E-state index in [0.717, 1.165) is 6.42 Å². The molecule has 0 fully saturated rings. The summed E-state index contributed by atoms with van der Waals surface area (Å²) in [5.74, 6) is -0.0756. The lowest BCUT2D eigenvalue weighted by Crippen LogP contribution is -2.35. The van der Waals surface area contributed by atoms with Crippen molar-refractivity contribution in [2.24, 2.45) is 0 Å². The normalized spacial score (nSPS) is 10.1. The molecule has 0 saturated heterocycles. The van der Waals surface area contributed by atoms with Crippen molar-refractivity contribution < 1.29 is 9.59 Å². The number of rotatable bonds is 6. The molecule has 0 aliphatic heterocycles. The van der Waals surface area contributed by atoms with Gasteiger partial charge in [-0.1, -0.05) is 29.9 Å². The summed E-state index contributed by atoms with van der Waals surface area (Å²) in [4.78, 5) is 28.1. The lowest BCUT2D eigenvalue weighted by molar-refractivity contribution is -0.119. The van der Waals surface area contributed by atoms with Crippen LogP contribution in [0.3, 0.4) is 0 Å². The van der Waals surface area contributed by atoms with Crippen molar-refractivity contribution >= 4 is 40.3 Å². The quantitative estimate of drug-likeness (QED) is 0.801. The van der Waals surface area contributed by atoms with Crippen LogP contribution in [0.4, 0.5) is 5.13 Å². The number of aldehydes is 1. The van der Waals surface area contributed by atoms with Crippen LogP contribution in [0.1, 0.15) is 23.0 Å². The maximum absolute atomic E-state index is 11.5. The molecule has 0 saturated carbocycles. The number of nitrogens with zero attached hydrogens (tertiary/aromatic N) is 2. The molecule has 5 nitrogen and oxygen atoms in total. The van der Waals surface area contributed by atoms with Crippen molar-refractivity contribution in [1.29, 1.82) is 0 Å². The number of likely N-dealkylation sites (N-methyl/N-ethyl adjacent to an activating group) is 1. The minimum Gasteiger partial charge on any atom is -0.355 e. The van der Waals surface area contributed by atoms with E-state index in [1.54, 1.807) is 11.9 Å². The Kier molecular flexibility index (Phi) is 5.37. The molecule has 1 aromatic rings. The van der Waals surface area contributed by atoms with Crippen LogP contribution < -0.4 is 10.2 Å². The molecule has 17 heavy (non-hydrogen) atoms. The Morgan fingerprint density at radius 1 is 1.65 bits per heavy atom. The van der Waals surface area contributed by atoms with E-state index in [9.17, 15) is 9.59 Å². The van der Waals surface area contributed by atoms with Gasteiger partial charge in [-0.25, -0.2) is 4.98 Å². The van der Waals surface area contributed by atoms with Crippen LogP contribution in [0.5, 0.6) is 0 Å². The van der Waals surface area contributed by atoms with E-state index in [2.05, 4.69) is 10.3 Å². The first-order valence-electron chi connectivity index (χ1n) is 5.17. The predicted molar refractivity (Wildman–Crippen MR) is 69.1 cm³/mol. The number of aromatic nitrogens is 1. The molecule has 0 spiro atoms. The smallest absolute Gasteiger partial charge is 0.239 e. The average Bonchev–Trinajstić information content (AvgIpc) is 2.68. The summed E-state index contributed by atoms with van der Waals surface area (Å²) in [7, 11) is 1.73. The van der Waals surface area contributed by atoms with Gasteiger partial charge in [-0.05, 0) is 6.42 Å². The SMILES string of the molecule is CCCNC(=O)CN(C)c1nc(Cl)c(C=O)s1. The molecule has 0 atom stereocenters. The summed E-state index contributed by atoms with van der Waals surface area (Å²) in [6.45, 7) is 2.84. The summed E-state index contributed by atoms with van der Waals surface area (Å²) < 4.78 is 0. The fraction of sp³-hybridized carbons (Fsp3) is 0.500. The van der Waals surface area contributed by atoms with Crippen LogP contribution in [-0.4, -0.2) is 37.3 Å². The monoisotopic (exact) mass is 275 g/mol. The molecule has 0 unspecified atom stereocenters. The number of thiazole rings is 1. The van der Waals surface area contributed by atoms with Crippen LogP contribution in [0.25, 0.3) is 0 Å². The fourth-order valence-electron chi connectivity index (χ4n) is 1.14. The average molecular weight is 276 g/mol. The van der Waals surface area contributed by atoms with Gasteiger partial charge in [0.15, 0.2) is 16.6 Å². The van der Waals surface area contributed by atoms with Crippen LogP contribution >= 0.6 is 22.9 Å². The van der Waals surface area contributed by atoms with E-state index in [1.807, 2.05) is 6.92 Å². The number of carbonyl (C=O) groups is 2. The molecule has 7 heteroatoms. The molecule has 0 aromatic carbocycles. The van der Waals surface area contributed by atoms with Gasteiger partial charge in [0.2, 0.25) is 5.91 Å². The molecule has 1 aromatic heterocycles. The van der Waals surface area contributed by atoms with E-state index in [-0.39, 0.29) is 17.6 Å². The lowest BCUT2D eigenvalue weighted by atomic mass is 10.4. The van der Waals surface area contributed by atoms with E-state index in [4.69, 9.17) is 11.6 Å². The highest BCUT2D eigenvalue weighted by molar-refractivity contribution is 7.17. The molecule has 1 heterocycles. The number of hydrogen-bond acceptors (Lipinski definition) is 5. The Bertz CT molecular complexity index is 408. The van der Waals surface area contributed by atoms with Gasteiger partial charge < -0.3 is 10.2 Å². The Hall–Kier alpha value is -1.14. The number of amides is 1. The summed E-state index contributed by atoms with van der Waals surface area (Å²) >= 11 is 6.92. The molecule has 0 aliphatic rings. The second kappa shape index (κ2) is 6.56. The minimum absolute atomic E-state index is 0.0756. The maximum Gasteiger partial charge on any atom is 0.239 e. The van der Waals surface area contributed by atoms with Crippen LogP contribution in [-0.2, 0) is 4.79 Å². The highest BCUT2D eigenvalue weighted by atomic mass is 35.5. The summed E-state index contributed by atoms with van der Waals surface area (Å²) in [6, 6.07) is 0. The third-order valence-corrected chi connectivity index (χ3v) is 3.48. The molecular formula is C10H14ClN3O2S. The van der Waals surface area contributed by atoms with Crippen molar-refractivity contribution in [1.82, 2.24) is 10.3 Å². The van der Waals surface area contributed by atoms with E-state index in [0.29, 0.717) is 22.8 Å². The summed E-state index contributed by atoms with van der Waals surface area (Å²) in [6.07, 6.45) is 1.56. The first-order valence-corrected chi connectivity index (χ1v) is 6.37. The number of halogens is 1. The van der Waals surface area contributed by atoms with Gasteiger partial charge in [-0.3, -0.25) is 9.59 Å². The van der Waals surface area contributed by atoms with Crippen LogP contribution in [0.15, 0.2) is 0 Å². The Morgan fingerprint density at radius 2 is 2.35 bits per heavy atom. The zero-order valence-corrected chi connectivity index (χ0v) is 11.3. The number of hydrogen-bond donors (Lipinski definition) is 1. The third kappa shape index (κ3) is 3.98. The van der Waals surface area contributed by atoms with Crippen molar-refractivity contribution in [2.45, 2.75) is 13.3 Å². The number of carbonyl (C=O) groups excluding carboxylic acids is 2. The molecule has 0 radical (unpaired) electrons. The van der Waals surface area contributed by atoms with Gasteiger partial charge in [-0.2, -0.15) is 0 Å². The van der Waals surface area contributed by atoms with Gasteiger partial charge >= 0.3 is 0 Å². The van der Waals surface area contributed by atoms with Crippen LogP contribution in [0.2, 0.25) is 5.15 Å². The lowest BCUT2D eigenvalue weighted by Gasteiger charge is -2.14. The van der Waals surface area contributed by atoms with E-state index in [1.165, 1.54) is 11.3 Å². The Morgan fingerprint density at radius 3 is 2.88 bits per heavy atom. The second-order valence-electron chi connectivity index (χ2n) is 3.48. The topological polar surface area (TPSA) is 62.3 Å². The number of anilines is 1. The molecule has 0 aliphatic carbocycles. The summed E-state index contributed by atoms with van der Waals surface area (Å²) in [5.41, 5.74) is 0. The summed E-state index contributed by atoms with van der Waals surface area (Å²) in [5, 5.41) is 3.50. The first kappa shape index (κ1) is 13.9. The molecular weight excluding hydrogens is 262 g/mol. The maximum atomic E-state index is 11.5. The van der Waals surface area contributed by atoms with Crippen LogP contribution in [0, 0.1) is 0 Å². The fourth-order valence-corrected chi connectivity index (χ4v) is 2.16. The van der Waals surface area contributed by atoms with Crippen molar-refractivity contribution in [3.63, 3.8) is 0 Å². The van der Waals surface area contributed by atoms with Gasteiger partial charge in [0.1, 0.15) is 4.88 Å². The predicted octanol–water partition coefficient (Wildman–Crippen LogP) is 1.57. The highest BCUT2D eigenvalue weighted by Gasteiger charge is 2.14. The van der Waals surface area contributed by atoms with E-state index < -0.39 is 0 Å². The molecule has 0 bridgehead atoms. The molecule has 94 valence electrons. The Balaban J connectivity index is 2.59. The van der Waals surface area contributed by atoms with Gasteiger partial charge in [0.25, 0.3) is 0 Å². The zero-order valence-electron chi connectivity index (χ0n) is 9.70. The second-order valence-corrected chi connectivity index (χ2v) is 4.84. The zero-order chi connectivity index (χ0) is 12.8. The standard InChI is InChI=1S/C10H14ClN3O2S/c1-3-4-12-8(16)5-14(2)10-13-9(11)7(6-15)17-10/h6H,3-5H2,1-2H3,(H,12,16). The Labute approximate surface area is 109 Å². The first-order chi connectivity index (χ1) is 8.08. The number of nitrogens with one attached hydrogen (secondary N) is 1. The van der Waals surface area contributed by atoms with E-state index >= 15 is 0 Å². The third-order valence-electron chi connectivity index (χ3n) is 1.98. The van der Waals surface area contributed by atoms with Crippen molar-refractivity contribution in [3.05, 3.63) is 10.0 Å². The highest BCUT2D eigenvalue weighted by Crippen LogP contribution is 2.27. The van der Waals surface area contributed by atoms with Crippen molar-refractivity contribution in [2.75, 3.05) is 25.0 Å². The van der Waals surface area contributed by atoms with Gasteiger partial charge in [-0.15, -0.1) is 0 Å². The largest absolute Gasteiger partial charge is 0.355 e.